The van der Waals surface area contributed by atoms with Crippen LogP contribution in [0.25, 0.3) is 0 Å². The molecule has 1 atom stereocenters. The maximum Gasteiger partial charge on any atom is 0.261 e. The first-order chi connectivity index (χ1) is 14.0. The van der Waals surface area contributed by atoms with Crippen molar-refractivity contribution in [2.24, 2.45) is 0 Å². The largest absolute Gasteiger partial charge is 0.497 e. The minimum Gasteiger partial charge on any atom is -0.497 e. The van der Waals surface area contributed by atoms with Crippen LogP contribution in [0.5, 0.6) is 11.5 Å². The first kappa shape index (κ1) is 22.2. The quantitative estimate of drug-likeness (QED) is 0.663. The molecule has 2 aromatic rings. The third kappa shape index (κ3) is 6.48. The lowest BCUT2D eigenvalue weighted by Gasteiger charge is -2.30. The van der Waals surface area contributed by atoms with Crippen molar-refractivity contribution >= 4 is 11.8 Å². The standard InChI is InChI=1S/C22H27FN2O4/c1-4-20(22(27)24-5-2)25(14-16-6-10-18(28-3)11-7-16)21(26)15-29-19-12-8-17(23)9-13-19/h6-13,20H,4-5,14-15H2,1-3H3,(H,24,27)/t20-/m0/s1. The van der Waals surface area contributed by atoms with Crippen LogP contribution in [-0.4, -0.2) is 43.0 Å². The summed E-state index contributed by atoms with van der Waals surface area (Å²) >= 11 is 0. The predicted molar refractivity (Wildman–Crippen MR) is 108 cm³/mol. The number of halogens is 1. The van der Waals surface area contributed by atoms with Gasteiger partial charge in [0.05, 0.1) is 7.11 Å². The van der Waals surface area contributed by atoms with Crippen LogP contribution in [0.4, 0.5) is 4.39 Å². The zero-order chi connectivity index (χ0) is 21.2. The van der Waals surface area contributed by atoms with Crippen molar-refractivity contribution in [2.75, 3.05) is 20.3 Å². The fourth-order valence-electron chi connectivity index (χ4n) is 2.90. The first-order valence-corrected chi connectivity index (χ1v) is 9.56. The maximum atomic E-state index is 13.0. The molecule has 2 rings (SSSR count). The van der Waals surface area contributed by atoms with Crippen LogP contribution in [-0.2, 0) is 16.1 Å². The number of rotatable bonds is 10. The van der Waals surface area contributed by atoms with Crippen molar-refractivity contribution in [2.45, 2.75) is 32.9 Å². The van der Waals surface area contributed by atoms with E-state index in [1.54, 1.807) is 19.2 Å². The zero-order valence-electron chi connectivity index (χ0n) is 17.0. The van der Waals surface area contributed by atoms with Crippen LogP contribution >= 0.6 is 0 Å². The summed E-state index contributed by atoms with van der Waals surface area (Å²) in [5.41, 5.74) is 0.865. The summed E-state index contributed by atoms with van der Waals surface area (Å²) in [5, 5.41) is 2.78. The van der Waals surface area contributed by atoms with Gasteiger partial charge in [-0.3, -0.25) is 9.59 Å². The van der Waals surface area contributed by atoms with E-state index < -0.39 is 6.04 Å². The summed E-state index contributed by atoms with van der Waals surface area (Å²) in [5.74, 6) is 0.172. The Hall–Kier alpha value is -3.09. The minimum atomic E-state index is -0.624. The van der Waals surface area contributed by atoms with Gasteiger partial charge in [0.15, 0.2) is 6.61 Å². The van der Waals surface area contributed by atoms with E-state index in [0.717, 1.165) is 5.56 Å². The third-order valence-corrected chi connectivity index (χ3v) is 4.42. The second kappa shape index (κ2) is 11.0. The minimum absolute atomic E-state index is 0.210. The van der Waals surface area contributed by atoms with Gasteiger partial charge in [0.2, 0.25) is 5.91 Å². The highest BCUT2D eigenvalue weighted by Gasteiger charge is 2.28. The van der Waals surface area contributed by atoms with Gasteiger partial charge in [-0.15, -0.1) is 0 Å². The second-order valence-corrected chi connectivity index (χ2v) is 6.43. The Morgan fingerprint density at radius 2 is 1.66 bits per heavy atom. The fourth-order valence-corrected chi connectivity index (χ4v) is 2.90. The Kier molecular flexibility index (Phi) is 8.45. The van der Waals surface area contributed by atoms with E-state index in [4.69, 9.17) is 9.47 Å². The summed E-state index contributed by atoms with van der Waals surface area (Å²) in [4.78, 5) is 27.0. The molecule has 0 saturated heterocycles. The molecule has 0 aliphatic carbocycles. The Morgan fingerprint density at radius 1 is 1.03 bits per heavy atom. The van der Waals surface area contributed by atoms with E-state index in [0.29, 0.717) is 24.5 Å². The third-order valence-electron chi connectivity index (χ3n) is 4.42. The molecule has 29 heavy (non-hydrogen) atoms. The number of carbonyl (C=O) groups is 2. The summed E-state index contributed by atoms with van der Waals surface area (Å²) in [6, 6.07) is 12.1. The Morgan fingerprint density at radius 3 is 2.21 bits per heavy atom. The summed E-state index contributed by atoms with van der Waals surface area (Å²) in [6.45, 7) is 4.17. The lowest BCUT2D eigenvalue weighted by Crippen LogP contribution is -2.50. The molecule has 2 amide bonds. The number of carbonyl (C=O) groups excluding carboxylic acids is 2. The van der Waals surface area contributed by atoms with Crippen LogP contribution < -0.4 is 14.8 Å². The molecule has 0 saturated carbocycles. The average Bonchev–Trinajstić information content (AvgIpc) is 2.73. The Balaban J connectivity index is 2.17. The molecule has 2 aromatic carbocycles. The molecule has 1 N–H and O–H groups in total. The van der Waals surface area contributed by atoms with Crippen LogP contribution in [0.3, 0.4) is 0 Å². The van der Waals surface area contributed by atoms with E-state index in [9.17, 15) is 14.0 Å². The molecule has 0 spiro atoms. The average molecular weight is 402 g/mol. The van der Waals surface area contributed by atoms with Gasteiger partial charge >= 0.3 is 0 Å². The fraction of sp³-hybridized carbons (Fsp3) is 0.364. The van der Waals surface area contributed by atoms with E-state index >= 15 is 0 Å². The molecule has 0 radical (unpaired) electrons. The SMILES string of the molecule is CCNC(=O)[C@H](CC)N(Cc1ccc(OC)cc1)C(=O)COc1ccc(F)cc1. The number of likely N-dealkylation sites (N-methyl/N-ethyl adjacent to an activating group) is 1. The van der Waals surface area contributed by atoms with Crippen molar-refractivity contribution in [3.63, 3.8) is 0 Å². The van der Waals surface area contributed by atoms with Gasteiger partial charge in [0, 0.05) is 13.1 Å². The Labute approximate surface area is 170 Å². The highest BCUT2D eigenvalue weighted by atomic mass is 19.1. The van der Waals surface area contributed by atoms with Crippen LogP contribution in [0.15, 0.2) is 48.5 Å². The van der Waals surface area contributed by atoms with E-state index in [2.05, 4.69) is 5.32 Å². The Bertz CT molecular complexity index is 793. The monoisotopic (exact) mass is 402 g/mol. The molecule has 0 heterocycles. The smallest absolute Gasteiger partial charge is 0.261 e. The first-order valence-electron chi connectivity index (χ1n) is 9.56. The number of nitrogens with zero attached hydrogens (tertiary/aromatic N) is 1. The number of ether oxygens (including phenoxy) is 2. The van der Waals surface area contributed by atoms with Crippen molar-refractivity contribution in [1.82, 2.24) is 10.2 Å². The summed E-state index contributed by atoms with van der Waals surface area (Å²) < 4.78 is 23.7. The van der Waals surface area contributed by atoms with Crippen molar-refractivity contribution in [1.29, 1.82) is 0 Å². The van der Waals surface area contributed by atoms with Crippen LogP contribution in [0.2, 0.25) is 0 Å². The van der Waals surface area contributed by atoms with Crippen LogP contribution in [0.1, 0.15) is 25.8 Å². The lowest BCUT2D eigenvalue weighted by molar-refractivity contribution is -0.142. The normalized spacial score (nSPS) is 11.4. The van der Waals surface area contributed by atoms with E-state index in [1.807, 2.05) is 26.0 Å². The van der Waals surface area contributed by atoms with Gasteiger partial charge in [0.1, 0.15) is 23.4 Å². The highest BCUT2D eigenvalue weighted by Crippen LogP contribution is 2.17. The van der Waals surface area contributed by atoms with Crippen molar-refractivity contribution in [3.8, 4) is 11.5 Å². The molecule has 0 aromatic heterocycles. The molecule has 6 nitrogen and oxygen atoms in total. The second-order valence-electron chi connectivity index (χ2n) is 6.43. The van der Waals surface area contributed by atoms with E-state index in [-0.39, 0.29) is 30.8 Å². The topological polar surface area (TPSA) is 67.9 Å². The molecule has 156 valence electrons. The molecule has 7 heteroatoms. The number of amides is 2. The maximum absolute atomic E-state index is 13.0. The number of hydrogen-bond donors (Lipinski definition) is 1. The number of hydrogen-bond acceptors (Lipinski definition) is 4. The van der Waals surface area contributed by atoms with Gasteiger partial charge in [-0.25, -0.2) is 4.39 Å². The number of methoxy groups -OCH3 is 1. The molecule has 0 aliphatic heterocycles. The molecule has 0 unspecified atom stereocenters. The molecule has 0 aliphatic rings. The van der Waals surface area contributed by atoms with Gasteiger partial charge in [0.25, 0.3) is 5.91 Å². The molecule has 0 bridgehead atoms. The number of nitrogens with one attached hydrogen (secondary N) is 1. The van der Waals surface area contributed by atoms with Crippen LogP contribution in [0, 0.1) is 5.82 Å². The molecule has 0 fully saturated rings. The van der Waals surface area contributed by atoms with Gasteiger partial charge < -0.3 is 19.7 Å². The number of benzene rings is 2. The summed E-state index contributed by atoms with van der Waals surface area (Å²) in [6.07, 6.45) is 0.463. The van der Waals surface area contributed by atoms with Gasteiger partial charge in [-0.2, -0.15) is 0 Å². The highest BCUT2D eigenvalue weighted by molar-refractivity contribution is 5.88. The van der Waals surface area contributed by atoms with E-state index in [1.165, 1.54) is 29.2 Å². The predicted octanol–water partition coefficient (Wildman–Crippen LogP) is 3.16. The lowest BCUT2D eigenvalue weighted by atomic mass is 10.1. The molecular formula is C22H27FN2O4. The van der Waals surface area contributed by atoms with Crippen molar-refractivity contribution in [3.05, 3.63) is 59.9 Å². The van der Waals surface area contributed by atoms with Gasteiger partial charge in [-0.1, -0.05) is 19.1 Å². The zero-order valence-corrected chi connectivity index (χ0v) is 17.0. The van der Waals surface area contributed by atoms with Gasteiger partial charge in [-0.05, 0) is 55.3 Å². The molecular weight excluding hydrogens is 375 g/mol. The summed E-state index contributed by atoms with van der Waals surface area (Å²) in [7, 11) is 1.58. The van der Waals surface area contributed by atoms with Crippen molar-refractivity contribution < 1.29 is 23.5 Å².